The van der Waals surface area contributed by atoms with Gasteiger partial charge < -0.3 is 11.1 Å². The van der Waals surface area contributed by atoms with Crippen LogP contribution >= 0.6 is 11.9 Å². The Bertz CT molecular complexity index is 1040. The standard InChI is InChI=1S/C22H28N6O4S/c1-12(2)9-13(3)33-27(24)11-14(23)10-25-16-6-4-5-15-19(16)22(32)28(21(15)31)17-7-8-18(29)26-20(17)30/h4-6,11,13,17,25H,1,7-10,23-24H2,2-3H3,(H,26,29,30)/b14-11+. The zero-order valence-corrected chi connectivity index (χ0v) is 19.4. The summed E-state index contributed by atoms with van der Waals surface area (Å²) in [5, 5.41) is 5.48. The summed E-state index contributed by atoms with van der Waals surface area (Å²) in [6.45, 7) is 8.06. The Morgan fingerprint density at radius 1 is 1.36 bits per heavy atom. The third kappa shape index (κ3) is 5.55. The number of anilines is 1. The number of nitrogens with zero attached hydrogens (tertiary/aromatic N) is 2. The molecule has 6 N–H and O–H groups in total. The molecular formula is C22H28N6O4S. The summed E-state index contributed by atoms with van der Waals surface area (Å²) in [5.74, 6) is 3.78. The number of imide groups is 2. The number of allylic oxidation sites excluding steroid dienone is 1. The Labute approximate surface area is 196 Å². The summed E-state index contributed by atoms with van der Waals surface area (Å²) in [4.78, 5) is 50.6. The quantitative estimate of drug-likeness (QED) is 0.138. The highest BCUT2D eigenvalue weighted by Crippen LogP contribution is 2.32. The maximum absolute atomic E-state index is 13.1. The van der Waals surface area contributed by atoms with Gasteiger partial charge >= 0.3 is 0 Å². The highest BCUT2D eigenvalue weighted by Gasteiger charge is 2.45. The summed E-state index contributed by atoms with van der Waals surface area (Å²) in [6, 6.07) is 3.82. The van der Waals surface area contributed by atoms with E-state index in [1.54, 1.807) is 18.3 Å². The highest BCUT2D eigenvalue weighted by molar-refractivity contribution is 7.97. The summed E-state index contributed by atoms with van der Waals surface area (Å²) < 4.78 is 1.43. The average Bonchev–Trinajstić information content (AvgIpc) is 2.97. The third-order valence-corrected chi connectivity index (χ3v) is 6.06. The first kappa shape index (κ1) is 24.3. The number of carbonyl (C=O) groups excluding carboxylic acids is 4. The van der Waals surface area contributed by atoms with Gasteiger partial charge in [-0.05, 0) is 43.8 Å². The van der Waals surface area contributed by atoms with E-state index >= 15 is 0 Å². The zero-order chi connectivity index (χ0) is 24.3. The Balaban J connectivity index is 1.70. The Morgan fingerprint density at radius 3 is 2.76 bits per heavy atom. The SMILES string of the molecule is C=C(C)CC(C)SN(N)/C=C(/N)CNc1cccc2c1C(=O)N(C1CCC(=O)NC1=O)C2=O. The number of hydrogen-bond donors (Lipinski definition) is 4. The van der Waals surface area contributed by atoms with Gasteiger partial charge in [0, 0.05) is 29.3 Å². The van der Waals surface area contributed by atoms with Crippen molar-refractivity contribution < 1.29 is 19.2 Å². The molecule has 1 fully saturated rings. The van der Waals surface area contributed by atoms with Crippen molar-refractivity contribution in [2.24, 2.45) is 11.6 Å². The average molecular weight is 473 g/mol. The van der Waals surface area contributed by atoms with Gasteiger partial charge in [-0.2, -0.15) is 0 Å². The number of carbonyl (C=O) groups is 4. The normalized spacial score (nSPS) is 19.3. The largest absolute Gasteiger partial charge is 0.399 e. The Hall–Kier alpha value is -3.31. The lowest BCUT2D eigenvalue weighted by molar-refractivity contribution is -0.136. The van der Waals surface area contributed by atoms with Crippen molar-refractivity contribution in [2.75, 3.05) is 11.9 Å². The van der Waals surface area contributed by atoms with Crippen molar-refractivity contribution in [3.05, 3.63) is 53.4 Å². The lowest BCUT2D eigenvalue weighted by Gasteiger charge is -2.27. The highest BCUT2D eigenvalue weighted by atomic mass is 32.2. The first-order valence-corrected chi connectivity index (χ1v) is 11.3. The fourth-order valence-corrected chi connectivity index (χ4v) is 4.81. The fraction of sp³-hybridized carbons (Fsp3) is 0.364. The molecule has 0 aliphatic carbocycles. The number of hydrogen-bond acceptors (Lipinski definition) is 9. The number of piperidine rings is 1. The summed E-state index contributed by atoms with van der Waals surface area (Å²) in [6.07, 6.45) is 2.57. The number of benzene rings is 1. The van der Waals surface area contributed by atoms with Crippen LogP contribution in [-0.4, -0.2) is 50.8 Å². The minimum Gasteiger partial charge on any atom is -0.399 e. The minimum atomic E-state index is -1.02. The van der Waals surface area contributed by atoms with E-state index in [-0.39, 0.29) is 35.8 Å². The van der Waals surface area contributed by atoms with Crippen molar-refractivity contribution in [3.8, 4) is 0 Å². The van der Waals surface area contributed by atoms with Crippen LogP contribution in [0.15, 0.2) is 42.2 Å². The Kier molecular flexibility index (Phi) is 7.44. The molecule has 0 aromatic heterocycles. The van der Waals surface area contributed by atoms with Gasteiger partial charge in [-0.3, -0.25) is 33.8 Å². The second-order valence-corrected chi connectivity index (χ2v) is 9.61. The van der Waals surface area contributed by atoms with Crippen LogP contribution in [0.1, 0.15) is 53.8 Å². The first-order valence-electron chi connectivity index (χ1n) is 10.5. The lowest BCUT2D eigenvalue weighted by Crippen LogP contribution is -2.54. The maximum atomic E-state index is 13.1. The predicted octanol–water partition coefficient (Wildman–Crippen LogP) is 1.48. The van der Waals surface area contributed by atoms with Crippen molar-refractivity contribution in [3.63, 3.8) is 0 Å². The van der Waals surface area contributed by atoms with Crippen LogP contribution in [0.2, 0.25) is 0 Å². The van der Waals surface area contributed by atoms with Gasteiger partial charge in [0.25, 0.3) is 11.8 Å². The van der Waals surface area contributed by atoms with Gasteiger partial charge in [-0.1, -0.05) is 18.6 Å². The van der Waals surface area contributed by atoms with Gasteiger partial charge in [-0.15, -0.1) is 6.58 Å². The molecule has 0 radical (unpaired) electrons. The van der Waals surface area contributed by atoms with Gasteiger partial charge in [0.2, 0.25) is 11.8 Å². The van der Waals surface area contributed by atoms with E-state index in [0.29, 0.717) is 11.4 Å². The number of rotatable bonds is 9. The fourth-order valence-electron chi connectivity index (χ4n) is 3.83. The molecule has 2 atom stereocenters. The lowest BCUT2D eigenvalue weighted by atomic mass is 10.0. The van der Waals surface area contributed by atoms with Crippen LogP contribution in [-0.2, 0) is 9.59 Å². The molecule has 2 heterocycles. The number of nitrogens with one attached hydrogen (secondary N) is 2. The summed E-state index contributed by atoms with van der Waals surface area (Å²) in [5.41, 5.74) is 8.35. The topological polar surface area (TPSA) is 151 Å². The zero-order valence-electron chi connectivity index (χ0n) is 18.6. The molecule has 3 rings (SSSR count). The molecule has 176 valence electrons. The van der Waals surface area contributed by atoms with E-state index in [0.717, 1.165) is 16.9 Å². The molecule has 2 aliphatic rings. The molecule has 0 bridgehead atoms. The van der Waals surface area contributed by atoms with E-state index in [1.807, 2.05) is 13.8 Å². The maximum Gasteiger partial charge on any atom is 0.264 e. The van der Waals surface area contributed by atoms with Crippen LogP contribution in [0.4, 0.5) is 5.69 Å². The van der Waals surface area contributed by atoms with Crippen molar-refractivity contribution in [1.29, 1.82) is 0 Å². The third-order valence-electron chi connectivity index (χ3n) is 5.18. The van der Waals surface area contributed by atoms with Gasteiger partial charge in [-0.25, -0.2) is 5.84 Å². The number of nitrogens with two attached hydrogens (primary N) is 2. The molecule has 1 aromatic rings. The molecule has 2 aliphatic heterocycles. The number of amides is 4. The van der Waals surface area contributed by atoms with Gasteiger partial charge in [0.05, 0.1) is 17.7 Å². The first-order chi connectivity index (χ1) is 15.6. The second kappa shape index (κ2) is 10.1. The van der Waals surface area contributed by atoms with Crippen LogP contribution in [0.5, 0.6) is 0 Å². The molecule has 11 heteroatoms. The molecule has 0 spiro atoms. The van der Waals surface area contributed by atoms with Crippen LogP contribution in [0.3, 0.4) is 0 Å². The van der Waals surface area contributed by atoms with E-state index in [4.69, 9.17) is 11.6 Å². The van der Waals surface area contributed by atoms with Crippen LogP contribution < -0.4 is 22.2 Å². The molecule has 10 nitrogen and oxygen atoms in total. The van der Waals surface area contributed by atoms with E-state index in [2.05, 4.69) is 17.2 Å². The van der Waals surface area contributed by atoms with Crippen molar-refractivity contribution >= 4 is 41.3 Å². The molecule has 0 saturated carbocycles. The molecule has 2 unspecified atom stereocenters. The van der Waals surface area contributed by atoms with Crippen LogP contribution in [0.25, 0.3) is 0 Å². The van der Waals surface area contributed by atoms with E-state index < -0.39 is 29.7 Å². The van der Waals surface area contributed by atoms with Crippen molar-refractivity contribution in [1.82, 2.24) is 14.6 Å². The molecular weight excluding hydrogens is 444 g/mol. The van der Waals surface area contributed by atoms with Gasteiger partial charge in [0.1, 0.15) is 6.04 Å². The molecule has 4 amide bonds. The van der Waals surface area contributed by atoms with Crippen molar-refractivity contribution in [2.45, 2.75) is 44.4 Å². The number of hydrazine groups is 1. The van der Waals surface area contributed by atoms with Gasteiger partial charge in [0.15, 0.2) is 0 Å². The van der Waals surface area contributed by atoms with Crippen LogP contribution in [0, 0.1) is 0 Å². The predicted molar refractivity (Wildman–Crippen MR) is 126 cm³/mol. The minimum absolute atomic E-state index is 0.0643. The van der Waals surface area contributed by atoms with E-state index in [1.165, 1.54) is 22.4 Å². The van der Waals surface area contributed by atoms with E-state index in [9.17, 15) is 19.2 Å². The number of fused-ring (bicyclic) bond motifs is 1. The molecule has 1 saturated heterocycles. The molecule has 33 heavy (non-hydrogen) atoms. The second-order valence-electron chi connectivity index (χ2n) is 8.17. The monoisotopic (exact) mass is 472 g/mol. The summed E-state index contributed by atoms with van der Waals surface area (Å²) in [7, 11) is 0. The Morgan fingerprint density at radius 2 is 2.09 bits per heavy atom. The summed E-state index contributed by atoms with van der Waals surface area (Å²) >= 11 is 1.41. The smallest absolute Gasteiger partial charge is 0.264 e. The molecule has 1 aromatic carbocycles.